The molecule has 0 unspecified atom stereocenters. The van der Waals surface area contributed by atoms with E-state index >= 15 is 0 Å². The third kappa shape index (κ3) is 4.30. The third-order valence-electron chi connectivity index (χ3n) is 7.97. The lowest BCUT2D eigenvalue weighted by Gasteiger charge is -2.26. The summed E-state index contributed by atoms with van der Waals surface area (Å²) in [6.45, 7) is 0. The summed E-state index contributed by atoms with van der Waals surface area (Å²) < 4.78 is 29.4. The van der Waals surface area contributed by atoms with Gasteiger partial charge in [-0.25, -0.2) is 8.42 Å². The van der Waals surface area contributed by atoms with Gasteiger partial charge in [-0.05, 0) is 72.8 Å². The smallest absolute Gasteiger partial charge is 0.209 e. The Morgan fingerprint density at radius 3 is 1.36 bits per heavy atom. The van der Waals surface area contributed by atoms with Crippen molar-refractivity contribution < 1.29 is 8.42 Å². The molecule has 0 amide bonds. The van der Waals surface area contributed by atoms with E-state index in [1.807, 2.05) is 127 Å². The summed E-state index contributed by atoms with van der Waals surface area (Å²) in [6.07, 6.45) is 0. The molecule has 2 heterocycles. The fourth-order valence-electron chi connectivity index (χ4n) is 6.02. The minimum atomic E-state index is -3.74. The number of rotatable bonds is 6. The molecule has 6 aromatic carbocycles. The van der Waals surface area contributed by atoms with Crippen LogP contribution in [0.5, 0.6) is 0 Å². The molecule has 0 aliphatic carbocycles. The molecule has 0 spiro atoms. The van der Waals surface area contributed by atoms with E-state index in [4.69, 9.17) is 0 Å². The standard InChI is InChI=1S/C38H26N2O2S2/c41-44(42)36-26-32(40(29-17-9-3-10-18-29)30-19-11-4-12-20-30)22-24-34(36)37-38(44)33-23-21-31(25-35(33)43-37)39(27-13-5-1-6-14-27)28-15-7-2-8-16-28/h1-26H. The zero-order valence-electron chi connectivity index (χ0n) is 23.5. The van der Waals surface area contributed by atoms with E-state index in [0.717, 1.165) is 54.7 Å². The van der Waals surface area contributed by atoms with Crippen LogP contribution in [0, 0.1) is 0 Å². The van der Waals surface area contributed by atoms with Crippen LogP contribution < -0.4 is 9.80 Å². The minimum absolute atomic E-state index is 0.356. The molecule has 6 heteroatoms. The van der Waals surface area contributed by atoms with E-state index in [2.05, 4.69) is 40.1 Å². The predicted molar refractivity (Wildman–Crippen MR) is 182 cm³/mol. The van der Waals surface area contributed by atoms with Gasteiger partial charge in [0, 0.05) is 49.8 Å². The molecule has 1 aromatic heterocycles. The number of nitrogens with zero attached hydrogens (tertiary/aromatic N) is 2. The monoisotopic (exact) mass is 606 g/mol. The van der Waals surface area contributed by atoms with Crippen LogP contribution in [0.25, 0.3) is 20.5 Å². The summed E-state index contributed by atoms with van der Waals surface area (Å²) in [5, 5.41) is 0.760. The van der Waals surface area contributed by atoms with Gasteiger partial charge in [-0.15, -0.1) is 11.3 Å². The van der Waals surface area contributed by atoms with Crippen molar-refractivity contribution >= 4 is 65.4 Å². The van der Waals surface area contributed by atoms with Crippen LogP contribution in [-0.2, 0) is 9.84 Å². The maximum atomic E-state index is 14.2. The number of thiophene rings is 1. The van der Waals surface area contributed by atoms with Gasteiger partial charge in [0.2, 0.25) is 9.84 Å². The molecule has 0 radical (unpaired) electrons. The topological polar surface area (TPSA) is 40.6 Å². The molecule has 4 nitrogen and oxygen atoms in total. The molecule has 1 aliphatic rings. The number of sulfone groups is 1. The van der Waals surface area contributed by atoms with Crippen molar-refractivity contribution in [2.75, 3.05) is 9.80 Å². The van der Waals surface area contributed by atoms with Gasteiger partial charge in [0.15, 0.2) is 0 Å². The maximum Gasteiger partial charge on any atom is 0.209 e. The van der Waals surface area contributed by atoms with Gasteiger partial charge >= 0.3 is 0 Å². The minimum Gasteiger partial charge on any atom is -0.310 e. The first-order valence-corrected chi connectivity index (χ1v) is 16.7. The fraction of sp³-hybridized carbons (Fsp3) is 0. The SMILES string of the molecule is O=S1(=O)c2cc(N(c3ccccc3)c3ccccc3)ccc2-c2sc3cc(N(c4ccccc4)c4ccccc4)ccc3c21. The first-order chi connectivity index (χ1) is 21.6. The average molecular weight is 607 g/mol. The van der Waals surface area contributed by atoms with E-state index < -0.39 is 9.84 Å². The summed E-state index contributed by atoms with van der Waals surface area (Å²) in [6, 6.07) is 52.4. The van der Waals surface area contributed by atoms with Crippen molar-refractivity contribution in [1.82, 2.24) is 0 Å². The van der Waals surface area contributed by atoms with Gasteiger partial charge in [0.1, 0.15) is 0 Å². The largest absolute Gasteiger partial charge is 0.310 e. The van der Waals surface area contributed by atoms with E-state index in [1.165, 1.54) is 0 Å². The lowest BCUT2D eigenvalue weighted by molar-refractivity contribution is 0.599. The summed E-state index contributed by atoms with van der Waals surface area (Å²) in [5.74, 6) is 0. The molecular weight excluding hydrogens is 581 g/mol. The van der Waals surface area contributed by atoms with Gasteiger partial charge in [0.05, 0.1) is 14.7 Å². The number of hydrogen-bond acceptors (Lipinski definition) is 5. The zero-order chi connectivity index (χ0) is 29.7. The second kappa shape index (κ2) is 10.5. The molecule has 0 saturated carbocycles. The van der Waals surface area contributed by atoms with Gasteiger partial charge in [-0.3, -0.25) is 0 Å². The van der Waals surface area contributed by atoms with E-state index in [-0.39, 0.29) is 0 Å². The van der Waals surface area contributed by atoms with Crippen LogP contribution in [0.4, 0.5) is 34.1 Å². The second-order valence-corrected chi connectivity index (χ2v) is 13.5. The van der Waals surface area contributed by atoms with Gasteiger partial charge in [0.25, 0.3) is 0 Å². The molecule has 0 bridgehead atoms. The van der Waals surface area contributed by atoms with Crippen LogP contribution in [0.15, 0.2) is 168 Å². The van der Waals surface area contributed by atoms with E-state index in [1.54, 1.807) is 11.3 Å². The van der Waals surface area contributed by atoms with Crippen LogP contribution in [0.3, 0.4) is 0 Å². The zero-order valence-corrected chi connectivity index (χ0v) is 25.2. The van der Waals surface area contributed by atoms with Gasteiger partial charge in [-0.1, -0.05) is 84.9 Å². The normalized spacial score (nSPS) is 12.9. The first-order valence-electron chi connectivity index (χ1n) is 14.4. The number of hydrogen-bond donors (Lipinski definition) is 0. The number of para-hydroxylation sites is 4. The molecule has 0 saturated heterocycles. The lowest BCUT2D eigenvalue weighted by atomic mass is 10.1. The lowest BCUT2D eigenvalue weighted by Crippen LogP contribution is -2.10. The summed E-state index contributed by atoms with van der Waals surface area (Å²) in [7, 11) is -3.74. The molecule has 0 N–H and O–H groups in total. The number of anilines is 6. The molecule has 0 atom stereocenters. The Kier molecular flexibility index (Phi) is 6.33. The highest BCUT2D eigenvalue weighted by atomic mass is 32.2. The third-order valence-corrected chi connectivity index (χ3v) is 11.2. The molecule has 7 aromatic rings. The van der Waals surface area contributed by atoms with Crippen molar-refractivity contribution in [3.05, 3.63) is 158 Å². The molecule has 0 fully saturated rings. The number of benzene rings is 6. The predicted octanol–water partition coefficient (Wildman–Crippen LogP) is 10.7. The second-order valence-electron chi connectivity index (χ2n) is 10.6. The highest BCUT2D eigenvalue weighted by Crippen LogP contribution is 2.53. The Bertz CT molecular complexity index is 2150. The van der Waals surface area contributed by atoms with Crippen molar-refractivity contribution in [3.63, 3.8) is 0 Å². The van der Waals surface area contributed by atoms with Crippen LogP contribution in [0.2, 0.25) is 0 Å². The summed E-state index contributed by atoms with van der Waals surface area (Å²) in [4.78, 5) is 5.85. The quantitative estimate of drug-likeness (QED) is 0.189. The first kappa shape index (κ1) is 26.5. The highest BCUT2D eigenvalue weighted by Gasteiger charge is 2.37. The maximum absolute atomic E-state index is 14.2. The Morgan fingerprint density at radius 1 is 0.455 bits per heavy atom. The van der Waals surface area contributed by atoms with Crippen molar-refractivity contribution in [1.29, 1.82) is 0 Å². The average Bonchev–Trinajstić information content (AvgIpc) is 3.56. The fourth-order valence-corrected chi connectivity index (χ4v) is 9.55. The van der Waals surface area contributed by atoms with E-state index in [0.29, 0.717) is 9.79 Å². The Labute approximate surface area is 260 Å². The van der Waals surface area contributed by atoms with Crippen molar-refractivity contribution in [3.8, 4) is 10.4 Å². The number of fused-ring (bicyclic) bond motifs is 5. The molecular formula is C38H26N2O2S2. The van der Waals surface area contributed by atoms with Crippen molar-refractivity contribution in [2.24, 2.45) is 0 Å². The van der Waals surface area contributed by atoms with Gasteiger partial charge < -0.3 is 9.80 Å². The molecule has 212 valence electrons. The molecule has 8 rings (SSSR count). The van der Waals surface area contributed by atoms with Crippen LogP contribution in [-0.4, -0.2) is 8.42 Å². The molecule has 44 heavy (non-hydrogen) atoms. The Balaban J connectivity index is 1.25. The van der Waals surface area contributed by atoms with Gasteiger partial charge in [-0.2, -0.15) is 0 Å². The Hall–Kier alpha value is -5.17. The summed E-state index contributed by atoms with van der Waals surface area (Å²) in [5.41, 5.74) is 6.53. The summed E-state index contributed by atoms with van der Waals surface area (Å²) >= 11 is 1.54. The van der Waals surface area contributed by atoms with Crippen LogP contribution in [0.1, 0.15) is 0 Å². The van der Waals surface area contributed by atoms with Crippen molar-refractivity contribution in [2.45, 2.75) is 9.79 Å². The van der Waals surface area contributed by atoms with E-state index in [9.17, 15) is 8.42 Å². The van der Waals surface area contributed by atoms with Crippen LogP contribution >= 0.6 is 11.3 Å². The Morgan fingerprint density at radius 2 is 0.886 bits per heavy atom. The highest BCUT2D eigenvalue weighted by molar-refractivity contribution is 7.92. The molecule has 1 aliphatic heterocycles.